The van der Waals surface area contributed by atoms with Crippen molar-refractivity contribution in [1.29, 1.82) is 0 Å². The molecule has 6 heteroatoms. The van der Waals surface area contributed by atoms with Crippen LogP contribution in [0.2, 0.25) is 0 Å². The molecule has 1 aromatic heterocycles. The van der Waals surface area contributed by atoms with Crippen LogP contribution in [0, 0.1) is 5.82 Å². The van der Waals surface area contributed by atoms with Crippen molar-refractivity contribution in [3.63, 3.8) is 0 Å². The van der Waals surface area contributed by atoms with Gasteiger partial charge in [0.15, 0.2) is 18.2 Å². The molecule has 5 rings (SSSR count). The van der Waals surface area contributed by atoms with Crippen LogP contribution in [0.5, 0.6) is 5.75 Å². The first-order valence-corrected chi connectivity index (χ1v) is 9.87. The molecule has 5 nitrogen and oxygen atoms in total. The third-order valence-electron chi connectivity index (χ3n) is 5.93. The summed E-state index contributed by atoms with van der Waals surface area (Å²) in [6, 6.07) is 18.7. The summed E-state index contributed by atoms with van der Waals surface area (Å²) in [4.78, 5) is 14.4. The minimum Gasteiger partial charge on any atom is -0.481 e. The van der Waals surface area contributed by atoms with Crippen LogP contribution in [0.1, 0.15) is 18.5 Å². The van der Waals surface area contributed by atoms with Gasteiger partial charge < -0.3 is 19.5 Å². The highest BCUT2D eigenvalue weighted by Crippen LogP contribution is 2.43. The van der Waals surface area contributed by atoms with Crippen molar-refractivity contribution in [3.8, 4) is 11.4 Å². The molecule has 0 radical (unpaired) electrons. The lowest BCUT2D eigenvalue weighted by atomic mass is 9.82. The average Bonchev–Trinajstić information content (AvgIpc) is 3.25. The number of rotatable bonds is 3. The minimum atomic E-state index is -0.455. The van der Waals surface area contributed by atoms with E-state index in [1.165, 1.54) is 17.8 Å². The van der Waals surface area contributed by atoms with Gasteiger partial charge in [-0.25, -0.2) is 4.39 Å². The number of amides is 1. The third-order valence-corrected chi connectivity index (χ3v) is 5.93. The summed E-state index contributed by atoms with van der Waals surface area (Å²) in [6.07, 6.45) is 3.70. The van der Waals surface area contributed by atoms with E-state index in [1.807, 2.05) is 17.0 Å². The van der Waals surface area contributed by atoms with E-state index in [4.69, 9.17) is 4.74 Å². The smallest absolute Gasteiger partial charge is 0.260 e. The highest BCUT2D eigenvalue weighted by atomic mass is 19.1. The zero-order chi connectivity index (χ0) is 19.8. The fraction of sp³-hybridized carbons (Fsp3) is 0.261. The van der Waals surface area contributed by atoms with E-state index in [0.29, 0.717) is 13.1 Å². The van der Waals surface area contributed by atoms with E-state index in [-0.39, 0.29) is 23.8 Å². The Morgan fingerprint density at radius 2 is 1.79 bits per heavy atom. The zero-order valence-corrected chi connectivity index (χ0v) is 16.0. The summed E-state index contributed by atoms with van der Waals surface area (Å²) in [5.41, 5.74) is 3.29. The zero-order valence-electron chi connectivity index (χ0n) is 16.0. The number of carbonyl (C=O) groups excluding carboxylic acids is 1. The fourth-order valence-electron chi connectivity index (χ4n) is 4.40. The Morgan fingerprint density at radius 1 is 1.03 bits per heavy atom. The molecule has 3 aromatic rings. The van der Waals surface area contributed by atoms with Gasteiger partial charge in [-0.3, -0.25) is 4.79 Å². The number of carbonyl (C=O) groups is 1. The molecule has 1 N–H and O–H groups in total. The molecule has 1 fully saturated rings. The van der Waals surface area contributed by atoms with E-state index < -0.39 is 5.82 Å². The number of hydrogen-bond acceptors (Lipinski definition) is 3. The van der Waals surface area contributed by atoms with Crippen molar-refractivity contribution < 1.29 is 13.9 Å². The van der Waals surface area contributed by atoms with E-state index in [2.05, 4.69) is 40.3 Å². The summed E-state index contributed by atoms with van der Waals surface area (Å²) in [6.45, 7) is 1.10. The average molecular weight is 391 g/mol. The van der Waals surface area contributed by atoms with Crippen LogP contribution in [-0.4, -0.2) is 35.1 Å². The van der Waals surface area contributed by atoms with E-state index in [9.17, 15) is 9.18 Å². The normalized spacial score (nSPS) is 16.7. The predicted molar refractivity (Wildman–Crippen MR) is 109 cm³/mol. The topological polar surface area (TPSA) is 46.5 Å². The monoisotopic (exact) mass is 391 g/mol. The van der Waals surface area contributed by atoms with Crippen LogP contribution in [-0.2, 0) is 10.3 Å². The van der Waals surface area contributed by atoms with E-state index in [1.54, 1.807) is 12.1 Å². The Balaban J connectivity index is 1.28. The largest absolute Gasteiger partial charge is 0.481 e. The van der Waals surface area contributed by atoms with Gasteiger partial charge in [-0.1, -0.05) is 24.3 Å². The summed E-state index contributed by atoms with van der Waals surface area (Å²) in [5, 5.41) is 3.74. The van der Waals surface area contributed by atoms with Gasteiger partial charge in [0.05, 0.1) is 16.9 Å². The Bertz CT molecular complexity index is 1050. The molecule has 148 valence electrons. The second-order valence-electron chi connectivity index (χ2n) is 7.59. The molecule has 0 saturated carbocycles. The molecule has 29 heavy (non-hydrogen) atoms. The second-order valence-corrected chi connectivity index (χ2v) is 7.59. The highest BCUT2D eigenvalue weighted by molar-refractivity contribution is 5.78. The number of anilines is 1. The van der Waals surface area contributed by atoms with Crippen LogP contribution >= 0.6 is 0 Å². The number of likely N-dealkylation sites (tertiary alicyclic amines) is 1. The van der Waals surface area contributed by atoms with Gasteiger partial charge in [0, 0.05) is 25.0 Å². The Labute approximate surface area is 168 Å². The maximum absolute atomic E-state index is 13.7. The number of nitrogens with zero attached hydrogens (tertiary/aromatic N) is 2. The molecule has 3 heterocycles. The first-order valence-electron chi connectivity index (χ1n) is 9.87. The number of nitrogens with one attached hydrogen (secondary N) is 1. The molecule has 2 aliphatic rings. The lowest BCUT2D eigenvalue weighted by Crippen LogP contribution is -2.51. The molecular formula is C23H22FN3O2. The lowest BCUT2D eigenvalue weighted by molar-refractivity contribution is -0.134. The predicted octanol–water partition coefficient (Wildman–Crippen LogP) is 3.94. The Hall–Kier alpha value is -3.28. The number of para-hydroxylation sites is 3. The molecule has 1 spiro atoms. The molecular weight excluding hydrogens is 369 g/mol. The van der Waals surface area contributed by atoms with Gasteiger partial charge in [-0.2, -0.15) is 0 Å². The summed E-state index contributed by atoms with van der Waals surface area (Å²) < 4.78 is 21.3. The highest BCUT2D eigenvalue weighted by Gasteiger charge is 2.42. The molecule has 0 bridgehead atoms. The van der Waals surface area contributed by atoms with Gasteiger partial charge in [-0.05, 0) is 49.2 Å². The van der Waals surface area contributed by atoms with Crippen molar-refractivity contribution >= 4 is 11.6 Å². The van der Waals surface area contributed by atoms with Crippen LogP contribution in [0.25, 0.3) is 5.69 Å². The molecule has 1 saturated heterocycles. The van der Waals surface area contributed by atoms with Gasteiger partial charge in [0.25, 0.3) is 5.91 Å². The van der Waals surface area contributed by atoms with E-state index >= 15 is 0 Å². The number of hydrogen-bond donors (Lipinski definition) is 1. The summed E-state index contributed by atoms with van der Waals surface area (Å²) >= 11 is 0. The Kier molecular flexibility index (Phi) is 4.27. The van der Waals surface area contributed by atoms with Gasteiger partial charge in [-0.15, -0.1) is 0 Å². The van der Waals surface area contributed by atoms with Crippen molar-refractivity contribution in [2.75, 3.05) is 25.0 Å². The van der Waals surface area contributed by atoms with Crippen molar-refractivity contribution in [3.05, 3.63) is 78.4 Å². The van der Waals surface area contributed by atoms with E-state index in [0.717, 1.165) is 24.2 Å². The lowest BCUT2D eigenvalue weighted by Gasteiger charge is -2.46. The standard InChI is InChI=1S/C23H22FN3O2/c24-17-6-1-4-9-20(17)29-16-22(28)26-14-11-23(12-15-26)21-10-5-13-27(21)19-8-3-2-7-18(19)25-23/h1-10,13,25H,11-12,14-16H2. The molecule has 0 aliphatic carbocycles. The van der Waals surface area contributed by atoms with Crippen LogP contribution in [0.3, 0.4) is 0 Å². The molecule has 2 aromatic carbocycles. The van der Waals surface area contributed by atoms with Gasteiger partial charge in [0.1, 0.15) is 0 Å². The SMILES string of the molecule is O=C(COc1ccccc1F)N1CCC2(CC1)Nc1ccccc1-n1cccc12. The first kappa shape index (κ1) is 17.8. The number of halogens is 1. The third kappa shape index (κ3) is 3.05. The van der Waals surface area contributed by atoms with Crippen LogP contribution in [0.15, 0.2) is 66.9 Å². The maximum atomic E-state index is 13.7. The number of benzene rings is 2. The number of fused-ring (bicyclic) bond motifs is 4. The number of piperidine rings is 1. The van der Waals surface area contributed by atoms with Crippen molar-refractivity contribution in [1.82, 2.24) is 9.47 Å². The van der Waals surface area contributed by atoms with Gasteiger partial charge >= 0.3 is 0 Å². The minimum absolute atomic E-state index is 0.109. The Morgan fingerprint density at radius 3 is 2.62 bits per heavy atom. The number of ether oxygens (including phenoxy) is 1. The van der Waals surface area contributed by atoms with Crippen LogP contribution < -0.4 is 10.1 Å². The molecule has 2 aliphatic heterocycles. The first-order chi connectivity index (χ1) is 14.2. The van der Waals surface area contributed by atoms with Gasteiger partial charge in [0.2, 0.25) is 0 Å². The quantitative estimate of drug-likeness (QED) is 0.736. The van der Waals surface area contributed by atoms with Crippen molar-refractivity contribution in [2.24, 2.45) is 0 Å². The number of aromatic nitrogens is 1. The van der Waals surface area contributed by atoms with Crippen molar-refractivity contribution in [2.45, 2.75) is 18.4 Å². The summed E-state index contributed by atoms with van der Waals surface area (Å²) in [7, 11) is 0. The fourth-order valence-corrected chi connectivity index (χ4v) is 4.40. The molecule has 0 atom stereocenters. The molecule has 0 unspecified atom stereocenters. The second kappa shape index (κ2) is 6.95. The maximum Gasteiger partial charge on any atom is 0.260 e. The van der Waals surface area contributed by atoms with Crippen LogP contribution in [0.4, 0.5) is 10.1 Å². The molecule has 1 amide bonds. The summed E-state index contributed by atoms with van der Waals surface area (Å²) in [5.74, 6) is -0.462.